The maximum absolute atomic E-state index is 3.37. The van der Waals surface area contributed by atoms with Gasteiger partial charge in [0.05, 0.1) is 0 Å². The Labute approximate surface area is 232 Å². The average molecular weight is 567 g/mol. The molecule has 176 valence electrons. The summed E-state index contributed by atoms with van der Waals surface area (Å²) in [6, 6.07) is 27.8. The Morgan fingerprint density at radius 3 is 1.71 bits per heavy atom. The number of allylic oxidation sites excluding steroid dienone is 4. The first-order valence-electron chi connectivity index (χ1n) is 11.3. The van der Waals surface area contributed by atoms with Crippen molar-refractivity contribution in [3.63, 3.8) is 0 Å². The van der Waals surface area contributed by atoms with Crippen LogP contribution in [0.5, 0.6) is 0 Å². The zero-order chi connectivity index (χ0) is 23.1. The molecule has 4 aromatic carbocycles. The average Bonchev–Trinajstić information content (AvgIpc) is 3.34. The topological polar surface area (TPSA) is 0 Å². The van der Waals surface area contributed by atoms with E-state index < -0.39 is 0 Å². The van der Waals surface area contributed by atoms with Crippen LogP contribution < -0.4 is 24.8 Å². The molecule has 4 aromatic rings. The van der Waals surface area contributed by atoms with Crippen molar-refractivity contribution in [3.05, 3.63) is 113 Å². The molecular weight excluding hydrogens is 534 g/mol. The van der Waals surface area contributed by atoms with E-state index in [0.717, 1.165) is 0 Å². The van der Waals surface area contributed by atoms with Crippen molar-refractivity contribution in [1.29, 1.82) is 0 Å². The van der Waals surface area contributed by atoms with E-state index in [1.807, 2.05) is 0 Å². The Morgan fingerprint density at radius 1 is 0.824 bits per heavy atom. The fourth-order valence-electron chi connectivity index (χ4n) is 4.05. The van der Waals surface area contributed by atoms with E-state index in [1.165, 1.54) is 68.1 Å². The molecular formula is C31H32Cl2Zr-2. The zero-order valence-electron chi connectivity index (χ0n) is 20.6. The van der Waals surface area contributed by atoms with Gasteiger partial charge in [-0.15, -0.1) is 39.7 Å². The number of benzene rings is 3. The number of fused-ring (bicyclic) bond motifs is 3. The minimum Gasteiger partial charge on any atom is -1.00 e. The van der Waals surface area contributed by atoms with Gasteiger partial charge < -0.3 is 24.8 Å². The van der Waals surface area contributed by atoms with E-state index in [-0.39, 0.29) is 24.8 Å². The predicted molar refractivity (Wildman–Crippen MR) is 138 cm³/mol. The Morgan fingerprint density at radius 2 is 1.32 bits per heavy atom. The maximum Gasteiger partial charge on any atom is -0.0771 e. The molecule has 0 saturated heterocycles. The Kier molecular flexibility index (Phi) is 13.1. The summed E-state index contributed by atoms with van der Waals surface area (Å²) in [7, 11) is 0. The number of rotatable bonds is 2. The summed E-state index contributed by atoms with van der Waals surface area (Å²) in [5.41, 5.74) is 5.49. The normalized spacial score (nSPS) is 14.1. The Hall–Kier alpha value is -1.66. The summed E-state index contributed by atoms with van der Waals surface area (Å²) < 4.78 is 2.19. The second kappa shape index (κ2) is 14.7. The van der Waals surface area contributed by atoms with Crippen LogP contribution in [0.1, 0.15) is 38.8 Å². The smallest absolute Gasteiger partial charge is 0.0771 e. The van der Waals surface area contributed by atoms with Crippen LogP contribution in [0.4, 0.5) is 0 Å². The quantitative estimate of drug-likeness (QED) is 0.327. The van der Waals surface area contributed by atoms with Gasteiger partial charge in [0.25, 0.3) is 0 Å². The van der Waals surface area contributed by atoms with Crippen molar-refractivity contribution in [2.45, 2.75) is 34.6 Å². The second-order valence-electron chi connectivity index (χ2n) is 8.71. The van der Waals surface area contributed by atoms with Crippen LogP contribution >= 0.6 is 0 Å². The molecule has 3 heteroatoms. The largest absolute Gasteiger partial charge is 1.00 e. The molecule has 0 saturated carbocycles. The van der Waals surface area contributed by atoms with Gasteiger partial charge in [0.1, 0.15) is 0 Å². The van der Waals surface area contributed by atoms with E-state index in [2.05, 4.69) is 129 Å². The van der Waals surface area contributed by atoms with E-state index in [9.17, 15) is 0 Å². The van der Waals surface area contributed by atoms with Crippen molar-refractivity contribution in [2.24, 2.45) is 11.8 Å². The molecule has 1 aliphatic carbocycles. The second-order valence-corrected chi connectivity index (χ2v) is 9.42. The molecule has 0 amide bonds. The number of aryl methyl sites for hydroxylation is 1. The van der Waals surface area contributed by atoms with Crippen molar-refractivity contribution in [1.82, 2.24) is 0 Å². The van der Waals surface area contributed by atoms with Crippen molar-refractivity contribution in [2.75, 3.05) is 0 Å². The van der Waals surface area contributed by atoms with Gasteiger partial charge in [-0.25, -0.2) is 5.57 Å². The van der Waals surface area contributed by atoms with Crippen LogP contribution in [0, 0.1) is 24.8 Å². The van der Waals surface area contributed by atoms with Gasteiger partial charge in [0.15, 0.2) is 0 Å². The van der Waals surface area contributed by atoms with E-state index in [4.69, 9.17) is 0 Å². The van der Waals surface area contributed by atoms with Crippen LogP contribution in [0.3, 0.4) is 0 Å². The molecule has 0 fully saturated rings. The summed E-state index contributed by atoms with van der Waals surface area (Å²) >= 11 is 1.47. The van der Waals surface area contributed by atoms with Gasteiger partial charge >= 0.3 is 70.3 Å². The molecule has 1 aliphatic rings. The zero-order valence-corrected chi connectivity index (χ0v) is 24.5. The van der Waals surface area contributed by atoms with Crippen LogP contribution in [0.15, 0.2) is 96.1 Å². The van der Waals surface area contributed by atoms with Crippen molar-refractivity contribution < 1.29 is 49.0 Å². The van der Waals surface area contributed by atoms with E-state index >= 15 is 0 Å². The molecule has 5 rings (SSSR count). The third kappa shape index (κ3) is 8.23. The molecule has 0 radical (unpaired) electrons. The summed E-state index contributed by atoms with van der Waals surface area (Å²) in [5.74, 6) is 1.20. The van der Waals surface area contributed by atoms with Gasteiger partial charge in [-0.2, -0.15) is 11.6 Å². The predicted octanol–water partition coefficient (Wildman–Crippen LogP) is 2.38. The first-order valence-corrected chi connectivity index (χ1v) is 12.7. The summed E-state index contributed by atoms with van der Waals surface area (Å²) in [5, 5.41) is 5.39. The molecule has 0 N–H and O–H groups in total. The van der Waals surface area contributed by atoms with Gasteiger partial charge in [-0.3, -0.25) is 6.08 Å². The first-order chi connectivity index (χ1) is 15.4. The van der Waals surface area contributed by atoms with Crippen LogP contribution in [-0.2, 0) is 24.2 Å². The molecule has 1 atom stereocenters. The summed E-state index contributed by atoms with van der Waals surface area (Å²) in [4.78, 5) is 0. The summed E-state index contributed by atoms with van der Waals surface area (Å²) in [6.45, 7) is 10.9. The minimum absolute atomic E-state index is 0. The van der Waals surface area contributed by atoms with Gasteiger partial charge in [-0.05, 0) is 0 Å². The molecule has 0 aromatic heterocycles. The standard InChI is InChI=1S/C13H9.C10H15.C8H8.2ClH.Zr/c1-3-7-12-10(5-1)9-11-6-2-4-8-13(11)12;1-7(2)10-6-8(3)5-9(10)4;1-7-3-5-8(2)6-4-7;;;/h1-9H;6-8H,1-4H3;1,3-6H,2H3;2*1H;/q2*-1;;;;+2/p-2. The Bertz CT molecular complexity index is 1190. The van der Waals surface area contributed by atoms with Gasteiger partial charge in [0, 0.05) is 0 Å². The van der Waals surface area contributed by atoms with Crippen LogP contribution in [-0.4, -0.2) is 3.71 Å². The monoisotopic (exact) mass is 564 g/mol. The maximum atomic E-state index is 3.37. The minimum atomic E-state index is 0. The molecule has 34 heavy (non-hydrogen) atoms. The Balaban J connectivity index is 0.000000253. The molecule has 0 bridgehead atoms. The molecule has 0 spiro atoms. The molecule has 0 heterocycles. The third-order valence-corrected chi connectivity index (χ3v) is 6.51. The van der Waals surface area contributed by atoms with Crippen LogP contribution in [0.2, 0.25) is 0 Å². The van der Waals surface area contributed by atoms with Gasteiger partial charge in [-0.1, -0.05) is 75.9 Å². The third-order valence-electron chi connectivity index (χ3n) is 5.70. The van der Waals surface area contributed by atoms with Crippen molar-refractivity contribution in [3.8, 4) is 0 Å². The molecule has 0 aliphatic heterocycles. The number of hydrogen-bond donors (Lipinski definition) is 0. The SMILES string of the molecule is CC1=[C-]C(C)C=C1C(C)C.Cc1ccc([CH]=[Zr+2])cc1.[Cl-].[Cl-].c1ccc2c(c1)[cH-]c1ccccc12. The molecule has 0 nitrogen and oxygen atoms in total. The number of halogens is 2. The van der Waals surface area contributed by atoms with E-state index in [0.29, 0.717) is 11.8 Å². The van der Waals surface area contributed by atoms with Gasteiger partial charge in [0.2, 0.25) is 0 Å². The van der Waals surface area contributed by atoms with Crippen molar-refractivity contribution >= 4 is 25.3 Å². The fourth-order valence-corrected chi connectivity index (χ4v) is 4.53. The summed E-state index contributed by atoms with van der Waals surface area (Å²) in [6.07, 6.45) is 5.68. The molecule has 1 unspecified atom stereocenters. The first kappa shape index (κ1) is 30.4. The van der Waals surface area contributed by atoms with Crippen LogP contribution in [0.25, 0.3) is 21.5 Å². The number of hydrogen-bond acceptors (Lipinski definition) is 0. The fraction of sp³-hybridized carbons (Fsp3) is 0.226. The van der Waals surface area contributed by atoms with E-state index in [1.54, 1.807) is 0 Å².